The maximum absolute atomic E-state index is 5.84. The Morgan fingerprint density at radius 3 is 2.81 bits per heavy atom. The average molecular weight is 217 g/mol. The van der Waals surface area contributed by atoms with Crippen molar-refractivity contribution in [3.8, 4) is 11.4 Å². The molecule has 84 valence electrons. The van der Waals surface area contributed by atoms with Crippen molar-refractivity contribution in [1.82, 2.24) is 9.78 Å². The second kappa shape index (κ2) is 4.26. The first-order chi connectivity index (χ1) is 7.66. The van der Waals surface area contributed by atoms with Gasteiger partial charge in [0.15, 0.2) is 0 Å². The summed E-state index contributed by atoms with van der Waals surface area (Å²) in [4.78, 5) is 0. The van der Waals surface area contributed by atoms with Crippen molar-refractivity contribution in [2.45, 2.75) is 20.0 Å². The lowest BCUT2D eigenvalue weighted by atomic mass is 10.2. The fourth-order valence-corrected chi connectivity index (χ4v) is 1.44. The lowest BCUT2D eigenvalue weighted by molar-refractivity contribution is 0.244. The molecular formula is C12H15N3O. The molecule has 0 saturated carbocycles. The van der Waals surface area contributed by atoms with Gasteiger partial charge in [0.1, 0.15) is 5.75 Å². The summed E-state index contributed by atoms with van der Waals surface area (Å²) < 4.78 is 7.39. The summed E-state index contributed by atoms with van der Waals surface area (Å²) >= 11 is 0. The minimum atomic E-state index is 0.107. The van der Waals surface area contributed by atoms with Gasteiger partial charge in [-0.15, -0.1) is 0 Å². The molecule has 2 N–H and O–H groups in total. The summed E-state index contributed by atoms with van der Waals surface area (Å²) in [6.45, 7) is 3.94. The molecule has 0 fully saturated rings. The largest absolute Gasteiger partial charge is 0.489 e. The monoisotopic (exact) mass is 217 g/mol. The zero-order valence-electron chi connectivity index (χ0n) is 9.42. The fourth-order valence-electron chi connectivity index (χ4n) is 1.44. The average Bonchev–Trinajstić information content (AvgIpc) is 2.73. The number of anilines is 1. The molecule has 2 rings (SSSR count). The highest BCUT2D eigenvalue weighted by molar-refractivity contribution is 5.57. The van der Waals surface area contributed by atoms with Gasteiger partial charge in [0, 0.05) is 18.5 Å². The van der Waals surface area contributed by atoms with Gasteiger partial charge in [0.25, 0.3) is 0 Å². The van der Waals surface area contributed by atoms with Crippen LogP contribution in [0.25, 0.3) is 5.69 Å². The Morgan fingerprint density at radius 1 is 1.38 bits per heavy atom. The third-order valence-corrected chi connectivity index (χ3v) is 2.13. The molecule has 4 heteroatoms. The third kappa shape index (κ3) is 2.16. The maximum atomic E-state index is 5.84. The summed E-state index contributed by atoms with van der Waals surface area (Å²) in [6, 6.07) is 7.51. The van der Waals surface area contributed by atoms with Gasteiger partial charge in [-0.3, -0.25) is 0 Å². The molecule has 1 aromatic carbocycles. The lowest BCUT2D eigenvalue weighted by Gasteiger charge is -2.13. The van der Waals surface area contributed by atoms with Crippen LogP contribution in [0.5, 0.6) is 5.75 Å². The molecular weight excluding hydrogens is 202 g/mol. The molecule has 1 aromatic heterocycles. The second-order valence-corrected chi connectivity index (χ2v) is 3.84. The van der Waals surface area contributed by atoms with Gasteiger partial charge >= 0.3 is 0 Å². The minimum absolute atomic E-state index is 0.107. The van der Waals surface area contributed by atoms with E-state index in [0.717, 1.165) is 5.69 Å². The van der Waals surface area contributed by atoms with Crippen LogP contribution in [-0.4, -0.2) is 15.9 Å². The summed E-state index contributed by atoms with van der Waals surface area (Å²) in [5.41, 5.74) is 7.42. The number of benzene rings is 1. The van der Waals surface area contributed by atoms with E-state index in [1.807, 2.05) is 44.3 Å². The molecule has 16 heavy (non-hydrogen) atoms. The van der Waals surface area contributed by atoms with Crippen molar-refractivity contribution in [3.63, 3.8) is 0 Å². The van der Waals surface area contributed by atoms with Crippen molar-refractivity contribution >= 4 is 5.69 Å². The molecule has 0 amide bonds. The predicted molar refractivity (Wildman–Crippen MR) is 63.7 cm³/mol. The fraction of sp³-hybridized carbons (Fsp3) is 0.250. The first-order valence-electron chi connectivity index (χ1n) is 5.23. The molecule has 0 aliphatic heterocycles. The van der Waals surface area contributed by atoms with E-state index in [1.54, 1.807) is 10.9 Å². The van der Waals surface area contributed by atoms with Gasteiger partial charge in [-0.25, -0.2) is 4.68 Å². The quantitative estimate of drug-likeness (QED) is 0.802. The van der Waals surface area contributed by atoms with Crippen LogP contribution in [0.15, 0.2) is 36.7 Å². The maximum Gasteiger partial charge on any atom is 0.144 e. The predicted octanol–water partition coefficient (Wildman–Crippen LogP) is 2.24. The summed E-state index contributed by atoms with van der Waals surface area (Å²) in [7, 11) is 0. The van der Waals surface area contributed by atoms with Gasteiger partial charge < -0.3 is 10.5 Å². The Bertz CT molecular complexity index is 463. The molecule has 4 nitrogen and oxygen atoms in total. The molecule has 0 saturated heterocycles. The number of rotatable bonds is 3. The molecule has 0 spiro atoms. The molecule has 2 aromatic rings. The van der Waals surface area contributed by atoms with E-state index in [2.05, 4.69) is 5.10 Å². The molecule has 0 aliphatic carbocycles. The van der Waals surface area contributed by atoms with Crippen LogP contribution in [0.4, 0.5) is 5.69 Å². The van der Waals surface area contributed by atoms with Gasteiger partial charge in [-0.05, 0) is 32.0 Å². The van der Waals surface area contributed by atoms with Crippen LogP contribution >= 0.6 is 0 Å². The van der Waals surface area contributed by atoms with E-state index in [4.69, 9.17) is 10.5 Å². The van der Waals surface area contributed by atoms with Crippen molar-refractivity contribution in [3.05, 3.63) is 36.7 Å². The highest BCUT2D eigenvalue weighted by atomic mass is 16.5. The Kier molecular flexibility index (Phi) is 2.81. The summed E-state index contributed by atoms with van der Waals surface area (Å²) in [6.07, 6.45) is 3.72. The normalized spacial score (nSPS) is 10.7. The zero-order chi connectivity index (χ0) is 11.5. The van der Waals surface area contributed by atoms with Crippen LogP contribution < -0.4 is 10.5 Å². The summed E-state index contributed by atoms with van der Waals surface area (Å²) in [5, 5.41) is 4.16. The van der Waals surface area contributed by atoms with Crippen LogP contribution in [-0.2, 0) is 0 Å². The molecule has 0 radical (unpaired) electrons. The van der Waals surface area contributed by atoms with Crippen molar-refractivity contribution in [2.75, 3.05) is 5.73 Å². The van der Waals surface area contributed by atoms with Crippen LogP contribution in [0.3, 0.4) is 0 Å². The zero-order valence-corrected chi connectivity index (χ0v) is 9.42. The van der Waals surface area contributed by atoms with Crippen molar-refractivity contribution in [1.29, 1.82) is 0 Å². The second-order valence-electron chi connectivity index (χ2n) is 3.84. The topological polar surface area (TPSA) is 53.1 Å². The van der Waals surface area contributed by atoms with E-state index in [1.165, 1.54) is 0 Å². The number of ether oxygens (including phenoxy) is 1. The Hall–Kier alpha value is -1.97. The Labute approximate surface area is 94.6 Å². The third-order valence-electron chi connectivity index (χ3n) is 2.13. The SMILES string of the molecule is CC(C)Oc1cc(-n2cccn2)ccc1N. The highest BCUT2D eigenvalue weighted by Gasteiger charge is 2.05. The summed E-state index contributed by atoms with van der Waals surface area (Å²) in [5.74, 6) is 0.697. The Morgan fingerprint density at radius 2 is 2.19 bits per heavy atom. The van der Waals surface area contributed by atoms with Gasteiger partial charge in [-0.1, -0.05) is 0 Å². The molecule has 0 unspecified atom stereocenters. The van der Waals surface area contributed by atoms with E-state index in [0.29, 0.717) is 11.4 Å². The first kappa shape index (κ1) is 10.5. The number of hydrogen-bond acceptors (Lipinski definition) is 3. The van der Waals surface area contributed by atoms with Crippen LogP contribution in [0.2, 0.25) is 0 Å². The van der Waals surface area contributed by atoms with E-state index in [9.17, 15) is 0 Å². The molecule has 0 aliphatic rings. The molecule has 0 atom stereocenters. The Balaban J connectivity index is 2.36. The molecule has 1 heterocycles. The van der Waals surface area contributed by atoms with Crippen LogP contribution in [0, 0.1) is 0 Å². The van der Waals surface area contributed by atoms with E-state index < -0.39 is 0 Å². The number of aromatic nitrogens is 2. The minimum Gasteiger partial charge on any atom is -0.489 e. The van der Waals surface area contributed by atoms with Gasteiger partial charge in [0.05, 0.1) is 17.5 Å². The van der Waals surface area contributed by atoms with E-state index >= 15 is 0 Å². The number of nitrogens with two attached hydrogens (primary N) is 1. The number of hydrogen-bond donors (Lipinski definition) is 1. The smallest absolute Gasteiger partial charge is 0.144 e. The lowest BCUT2D eigenvalue weighted by Crippen LogP contribution is -2.08. The van der Waals surface area contributed by atoms with E-state index in [-0.39, 0.29) is 6.10 Å². The van der Waals surface area contributed by atoms with Crippen molar-refractivity contribution < 1.29 is 4.74 Å². The number of nitrogens with zero attached hydrogens (tertiary/aromatic N) is 2. The standard InChI is InChI=1S/C12H15N3O/c1-9(2)16-12-8-10(4-5-11(12)13)15-7-3-6-14-15/h3-9H,13H2,1-2H3. The first-order valence-corrected chi connectivity index (χ1v) is 5.23. The molecule has 0 bridgehead atoms. The highest BCUT2D eigenvalue weighted by Crippen LogP contribution is 2.25. The van der Waals surface area contributed by atoms with Gasteiger partial charge in [-0.2, -0.15) is 5.10 Å². The van der Waals surface area contributed by atoms with Gasteiger partial charge in [0.2, 0.25) is 0 Å². The van der Waals surface area contributed by atoms with Crippen molar-refractivity contribution in [2.24, 2.45) is 0 Å². The number of nitrogen functional groups attached to an aromatic ring is 1. The van der Waals surface area contributed by atoms with Crippen LogP contribution in [0.1, 0.15) is 13.8 Å².